The number of hydrogen-bond donors (Lipinski definition) is 0. The van der Waals surface area contributed by atoms with E-state index >= 15 is 0 Å². The Bertz CT molecular complexity index is 1190. The van der Waals surface area contributed by atoms with Crippen LogP contribution in [0.4, 0.5) is 18.3 Å². The molecule has 0 N–H and O–H groups in total. The van der Waals surface area contributed by atoms with E-state index in [1.165, 1.54) is 28.4 Å². The average Bonchev–Trinajstić information content (AvgIpc) is 3.39. The lowest BCUT2D eigenvalue weighted by molar-refractivity contribution is -0.137. The van der Waals surface area contributed by atoms with E-state index in [0.29, 0.717) is 24.6 Å². The van der Waals surface area contributed by atoms with Crippen LogP contribution in [0.2, 0.25) is 0 Å². The first-order chi connectivity index (χ1) is 14.8. The van der Waals surface area contributed by atoms with E-state index in [4.69, 9.17) is 0 Å². The van der Waals surface area contributed by atoms with Gasteiger partial charge in [0.2, 0.25) is 0 Å². The van der Waals surface area contributed by atoms with Gasteiger partial charge in [0.1, 0.15) is 0 Å². The summed E-state index contributed by atoms with van der Waals surface area (Å²) >= 11 is 4.79. The Morgan fingerprint density at radius 2 is 1.94 bits per heavy atom. The summed E-state index contributed by atoms with van der Waals surface area (Å²) in [6.07, 6.45) is 1.37. The van der Waals surface area contributed by atoms with Crippen molar-refractivity contribution in [3.63, 3.8) is 0 Å². The average molecular weight is 509 g/mol. The largest absolute Gasteiger partial charge is 0.416 e. The molecule has 2 aromatic carbocycles. The van der Waals surface area contributed by atoms with Gasteiger partial charge in [-0.3, -0.25) is 9.69 Å². The number of amides is 1. The lowest BCUT2D eigenvalue weighted by atomic mass is 10.1. The zero-order valence-electron chi connectivity index (χ0n) is 16.0. The van der Waals surface area contributed by atoms with Crippen molar-refractivity contribution in [2.45, 2.75) is 19.1 Å². The number of alkyl halides is 3. The van der Waals surface area contributed by atoms with Crippen LogP contribution in [0, 0.1) is 0 Å². The first kappa shape index (κ1) is 21.5. The van der Waals surface area contributed by atoms with Gasteiger partial charge in [-0.05, 0) is 48.9 Å². The lowest BCUT2D eigenvalue weighted by Crippen LogP contribution is -2.32. The van der Waals surface area contributed by atoms with Crippen molar-refractivity contribution in [3.05, 3.63) is 76.8 Å². The van der Waals surface area contributed by atoms with Crippen molar-refractivity contribution < 1.29 is 18.0 Å². The Hall–Kier alpha value is -2.72. The highest BCUT2D eigenvalue weighted by molar-refractivity contribution is 9.10. The molecule has 0 aliphatic rings. The zero-order valence-corrected chi connectivity index (χ0v) is 18.4. The maximum atomic E-state index is 13.2. The molecule has 1 amide bonds. The van der Waals surface area contributed by atoms with Gasteiger partial charge in [0.15, 0.2) is 5.13 Å². The number of carbonyl (C=O) groups is 1. The summed E-state index contributed by atoms with van der Waals surface area (Å²) in [6, 6.07) is 9.90. The maximum absolute atomic E-state index is 13.2. The third-order valence-electron chi connectivity index (χ3n) is 4.63. The summed E-state index contributed by atoms with van der Waals surface area (Å²) in [5.74, 6) is -0.391. The summed E-state index contributed by atoms with van der Waals surface area (Å²) in [5, 5.41) is 0.503. The Labute approximate surface area is 188 Å². The molecule has 0 fully saturated rings. The number of thiazole rings is 1. The van der Waals surface area contributed by atoms with Crippen LogP contribution < -0.4 is 4.90 Å². The van der Waals surface area contributed by atoms with E-state index in [2.05, 4.69) is 25.9 Å². The molecule has 0 aliphatic carbocycles. The van der Waals surface area contributed by atoms with Gasteiger partial charge in [0.05, 0.1) is 22.1 Å². The highest BCUT2D eigenvalue weighted by Crippen LogP contribution is 2.33. The molecule has 0 bridgehead atoms. The Kier molecular flexibility index (Phi) is 6.10. The predicted octanol–water partition coefficient (Wildman–Crippen LogP) is 6.01. The van der Waals surface area contributed by atoms with E-state index in [0.717, 1.165) is 26.8 Å². The van der Waals surface area contributed by atoms with E-state index in [9.17, 15) is 18.0 Å². The second kappa shape index (κ2) is 8.80. The number of nitrogens with zero attached hydrogens (tertiary/aromatic N) is 4. The molecule has 0 saturated heterocycles. The molecule has 2 heterocycles. The second-order valence-electron chi connectivity index (χ2n) is 6.79. The summed E-state index contributed by atoms with van der Waals surface area (Å²) in [4.78, 5) is 23.3. The van der Waals surface area contributed by atoms with Gasteiger partial charge in [-0.15, -0.1) is 0 Å². The number of carbonyl (C=O) groups excluding carboxylic acids is 1. The van der Waals surface area contributed by atoms with Crippen molar-refractivity contribution in [1.29, 1.82) is 0 Å². The number of halogens is 4. The van der Waals surface area contributed by atoms with Crippen LogP contribution in [0.15, 0.2) is 65.7 Å². The molecule has 4 rings (SSSR count). The van der Waals surface area contributed by atoms with Gasteiger partial charge in [0, 0.05) is 35.5 Å². The molecule has 2 aromatic heterocycles. The number of aromatic nitrogens is 3. The molecule has 0 spiro atoms. The van der Waals surface area contributed by atoms with Crippen molar-refractivity contribution in [2.75, 3.05) is 11.4 Å². The molecule has 0 unspecified atom stereocenters. The summed E-state index contributed by atoms with van der Waals surface area (Å²) in [5.41, 5.74) is 0.139. The fraction of sp³-hybridized carbons (Fsp3) is 0.190. The SMILES string of the molecule is O=C(c1ccc(C(F)(F)F)cc1)N(CCCn1ccnc1)c1nc2ccc(Br)cc2s1. The molecular formula is C21H16BrF3N4OS. The Balaban J connectivity index is 1.62. The van der Waals surface area contributed by atoms with Gasteiger partial charge >= 0.3 is 6.18 Å². The van der Waals surface area contributed by atoms with E-state index in [1.807, 2.05) is 29.0 Å². The van der Waals surface area contributed by atoms with Gasteiger partial charge in [-0.2, -0.15) is 13.2 Å². The van der Waals surface area contributed by atoms with E-state index < -0.39 is 17.6 Å². The first-order valence-corrected chi connectivity index (χ1v) is 10.9. The summed E-state index contributed by atoms with van der Waals surface area (Å²) < 4.78 is 42.3. The van der Waals surface area contributed by atoms with Gasteiger partial charge in [0.25, 0.3) is 5.91 Å². The predicted molar refractivity (Wildman–Crippen MR) is 117 cm³/mol. The summed E-state index contributed by atoms with van der Waals surface area (Å²) in [7, 11) is 0. The molecule has 0 saturated carbocycles. The normalized spacial score (nSPS) is 11.7. The molecule has 0 aliphatic heterocycles. The van der Waals surface area contributed by atoms with E-state index in [-0.39, 0.29) is 5.56 Å². The fourth-order valence-electron chi connectivity index (χ4n) is 3.07. The van der Waals surface area contributed by atoms with E-state index in [1.54, 1.807) is 12.5 Å². The topological polar surface area (TPSA) is 51.0 Å². The van der Waals surface area contributed by atoms with Crippen molar-refractivity contribution in [2.24, 2.45) is 0 Å². The monoisotopic (exact) mass is 508 g/mol. The number of rotatable bonds is 6. The Morgan fingerprint density at radius 1 is 1.16 bits per heavy atom. The quantitative estimate of drug-likeness (QED) is 0.320. The number of benzene rings is 2. The second-order valence-corrected chi connectivity index (χ2v) is 8.72. The van der Waals surface area contributed by atoms with Crippen molar-refractivity contribution in [1.82, 2.24) is 14.5 Å². The third kappa shape index (κ3) is 4.96. The van der Waals surface area contributed by atoms with Crippen LogP contribution in [0.25, 0.3) is 10.2 Å². The van der Waals surface area contributed by atoms with Crippen LogP contribution in [-0.4, -0.2) is 27.0 Å². The Morgan fingerprint density at radius 3 is 2.61 bits per heavy atom. The van der Waals surface area contributed by atoms with Crippen LogP contribution in [0.3, 0.4) is 0 Å². The van der Waals surface area contributed by atoms with Gasteiger partial charge in [-0.1, -0.05) is 27.3 Å². The molecule has 10 heteroatoms. The molecule has 0 atom stereocenters. The van der Waals surface area contributed by atoms with Crippen LogP contribution >= 0.6 is 27.3 Å². The van der Waals surface area contributed by atoms with Crippen LogP contribution in [-0.2, 0) is 12.7 Å². The molecule has 160 valence electrons. The molecule has 0 radical (unpaired) electrons. The van der Waals surface area contributed by atoms with Crippen molar-refractivity contribution in [3.8, 4) is 0 Å². The minimum Gasteiger partial charge on any atom is -0.337 e. The lowest BCUT2D eigenvalue weighted by Gasteiger charge is -2.20. The number of aryl methyl sites for hydroxylation is 1. The minimum absolute atomic E-state index is 0.177. The number of imidazole rings is 1. The number of hydrogen-bond acceptors (Lipinski definition) is 4. The molecule has 4 aromatic rings. The highest BCUT2D eigenvalue weighted by atomic mass is 79.9. The van der Waals surface area contributed by atoms with Crippen LogP contribution in [0.1, 0.15) is 22.3 Å². The molecular weight excluding hydrogens is 493 g/mol. The van der Waals surface area contributed by atoms with Gasteiger partial charge < -0.3 is 4.57 Å². The minimum atomic E-state index is -4.45. The molecule has 31 heavy (non-hydrogen) atoms. The maximum Gasteiger partial charge on any atom is 0.416 e. The number of anilines is 1. The zero-order chi connectivity index (χ0) is 22.0. The first-order valence-electron chi connectivity index (χ1n) is 9.32. The highest BCUT2D eigenvalue weighted by Gasteiger charge is 2.30. The molecule has 5 nitrogen and oxygen atoms in total. The van der Waals surface area contributed by atoms with Crippen LogP contribution in [0.5, 0.6) is 0 Å². The standard InChI is InChI=1S/C21H16BrF3N4OS/c22-16-6-7-17-18(12-16)31-20(27-17)29(10-1-9-28-11-8-26-13-28)19(30)14-2-4-15(5-3-14)21(23,24)25/h2-8,11-13H,1,9-10H2. The van der Waals surface area contributed by atoms with Gasteiger partial charge in [-0.25, -0.2) is 9.97 Å². The summed E-state index contributed by atoms with van der Waals surface area (Å²) in [6.45, 7) is 1.01. The smallest absolute Gasteiger partial charge is 0.337 e. The fourth-order valence-corrected chi connectivity index (χ4v) is 4.62. The number of fused-ring (bicyclic) bond motifs is 1. The third-order valence-corrected chi connectivity index (χ3v) is 6.17. The van der Waals surface area contributed by atoms with Crippen molar-refractivity contribution >= 4 is 48.5 Å².